The Balaban J connectivity index is 2.77. The molecule has 0 aromatic heterocycles. The van der Waals surface area contributed by atoms with Crippen LogP contribution in [0, 0.1) is 0 Å². The van der Waals surface area contributed by atoms with Crippen LogP contribution in [0.5, 0.6) is 11.5 Å². The van der Waals surface area contributed by atoms with Gasteiger partial charge in [-0.25, -0.2) is 0 Å². The van der Waals surface area contributed by atoms with Crippen molar-refractivity contribution in [1.82, 2.24) is 0 Å². The molecule has 0 spiro atoms. The fourth-order valence-electron chi connectivity index (χ4n) is 1.18. The Morgan fingerprint density at radius 1 is 1.20 bits per heavy atom. The molecule has 0 saturated heterocycles. The molecule has 0 unspecified atom stereocenters. The van der Waals surface area contributed by atoms with Gasteiger partial charge in [-0.3, -0.25) is 0 Å². The first-order valence-electron chi connectivity index (χ1n) is 4.80. The second kappa shape index (κ2) is 5.46. The first-order valence-corrected chi connectivity index (χ1v) is 4.80. The Hall–Kier alpha value is -1.42. The summed E-state index contributed by atoms with van der Waals surface area (Å²) < 4.78 is 10.2. The summed E-state index contributed by atoms with van der Waals surface area (Å²) in [6.07, 6.45) is -0.387. The molecule has 1 atom stereocenters. The average molecular weight is 211 g/mol. The maximum absolute atomic E-state index is 9.14. The number of hydrogen-bond acceptors (Lipinski definition) is 4. The van der Waals surface area contributed by atoms with E-state index >= 15 is 0 Å². The predicted molar refractivity (Wildman–Crippen MR) is 59.7 cm³/mol. The van der Waals surface area contributed by atoms with Gasteiger partial charge in [-0.2, -0.15) is 0 Å². The summed E-state index contributed by atoms with van der Waals surface area (Å²) >= 11 is 0. The SMILES string of the molecule is COc1cc(NC[C@H](C)O)cc(OC)c1. The van der Waals surface area contributed by atoms with Gasteiger partial charge in [-0.1, -0.05) is 0 Å². The molecule has 15 heavy (non-hydrogen) atoms. The van der Waals surface area contributed by atoms with E-state index < -0.39 is 0 Å². The number of anilines is 1. The van der Waals surface area contributed by atoms with Crippen molar-refractivity contribution in [3.8, 4) is 11.5 Å². The maximum Gasteiger partial charge on any atom is 0.124 e. The molecule has 0 amide bonds. The lowest BCUT2D eigenvalue weighted by atomic mass is 10.2. The number of aliphatic hydroxyl groups is 1. The molecule has 2 N–H and O–H groups in total. The first-order chi connectivity index (χ1) is 7.15. The van der Waals surface area contributed by atoms with Crippen LogP contribution < -0.4 is 14.8 Å². The topological polar surface area (TPSA) is 50.7 Å². The zero-order chi connectivity index (χ0) is 11.3. The largest absolute Gasteiger partial charge is 0.497 e. The van der Waals surface area contributed by atoms with E-state index in [0.717, 1.165) is 17.2 Å². The monoisotopic (exact) mass is 211 g/mol. The minimum absolute atomic E-state index is 0.387. The highest BCUT2D eigenvalue weighted by molar-refractivity contribution is 5.53. The van der Waals surface area contributed by atoms with E-state index in [1.165, 1.54) is 0 Å². The van der Waals surface area contributed by atoms with Crippen molar-refractivity contribution >= 4 is 5.69 Å². The minimum Gasteiger partial charge on any atom is -0.497 e. The zero-order valence-electron chi connectivity index (χ0n) is 9.28. The van der Waals surface area contributed by atoms with Gasteiger partial charge >= 0.3 is 0 Å². The van der Waals surface area contributed by atoms with Crippen LogP contribution >= 0.6 is 0 Å². The average Bonchev–Trinajstić information content (AvgIpc) is 2.25. The van der Waals surface area contributed by atoms with E-state index in [-0.39, 0.29) is 6.10 Å². The summed E-state index contributed by atoms with van der Waals surface area (Å²) in [5, 5.41) is 12.2. The molecule has 0 radical (unpaired) electrons. The fourth-order valence-corrected chi connectivity index (χ4v) is 1.18. The van der Waals surface area contributed by atoms with Crippen molar-refractivity contribution < 1.29 is 14.6 Å². The second-order valence-corrected chi connectivity index (χ2v) is 3.33. The van der Waals surface area contributed by atoms with Crippen LogP contribution in [0.2, 0.25) is 0 Å². The normalized spacial score (nSPS) is 12.0. The highest BCUT2D eigenvalue weighted by Gasteiger charge is 2.02. The standard InChI is InChI=1S/C11H17NO3/c1-8(13)7-12-9-4-10(14-2)6-11(5-9)15-3/h4-6,8,12-13H,7H2,1-3H3/t8-/m0/s1. The van der Waals surface area contributed by atoms with Crippen LogP contribution in [0.15, 0.2) is 18.2 Å². The molecule has 0 aliphatic carbocycles. The third-order valence-corrected chi connectivity index (χ3v) is 1.95. The van der Waals surface area contributed by atoms with E-state index in [2.05, 4.69) is 5.32 Å². The van der Waals surface area contributed by atoms with E-state index in [1.807, 2.05) is 12.1 Å². The third kappa shape index (κ3) is 3.67. The maximum atomic E-state index is 9.14. The van der Waals surface area contributed by atoms with Crippen LogP contribution in [0.25, 0.3) is 0 Å². The highest BCUT2D eigenvalue weighted by atomic mass is 16.5. The van der Waals surface area contributed by atoms with Crippen LogP contribution in [0.3, 0.4) is 0 Å². The fraction of sp³-hybridized carbons (Fsp3) is 0.455. The van der Waals surface area contributed by atoms with E-state index in [1.54, 1.807) is 27.2 Å². The smallest absolute Gasteiger partial charge is 0.124 e. The van der Waals surface area contributed by atoms with E-state index in [9.17, 15) is 0 Å². The molecule has 0 heterocycles. The van der Waals surface area contributed by atoms with E-state index in [0.29, 0.717) is 6.54 Å². The highest BCUT2D eigenvalue weighted by Crippen LogP contribution is 2.25. The number of hydrogen-bond donors (Lipinski definition) is 2. The van der Waals surface area contributed by atoms with Gasteiger partial charge in [0.2, 0.25) is 0 Å². The summed E-state index contributed by atoms with van der Waals surface area (Å²) in [7, 11) is 3.21. The van der Waals surface area contributed by atoms with Crippen LogP contribution in [0.1, 0.15) is 6.92 Å². The van der Waals surface area contributed by atoms with Gasteiger partial charge in [0.25, 0.3) is 0 Å². The summed E-state index contributed by atoms with van der Waals surface area (Å²) in [6.45, 7) is 2.22. The summed E-state index contributed by atoms with van der Waals surface area (Å²) in [5.74, 6) is 1.45. The molecule has 84 valence electrons. The van der Waals surface area contributed by atoms with Gasteiger partial charge < -0.3 is 19.9 Å². The Labute approximate surface area is 89.8 Å². The number of nitrogens with one attached hydrogen (secondary N) is 1. The van der Waals surface area contributed by atoms with Crippen molar-refractivity contribution in [1.29, 1.82) is 0 Å². The Kier molecular flexibility index (Phi) is 4.24. The number of ether oxygens (including phenoxy) is 2. The van der Waals surface area contributed by atoms with Crippen molar-refractivity contribution in [3.05, 3.63) is 18.2 Å². The third-order valence-electron chi connectivity index (χ3n) is 1.95. The number of rotatable bonds is 5. The Morgan fingerprint density at radius 2 is 1.73 bits per heavy atom. The molecule has 4 heteroatoms. The number of methoxy groups -OCH3 is 2. The first kappa shape index (κ1) is 11.7. The molecule has 1 aromatic rings. The Morgan fingerprint density at radius 3 is 2.13 bits per heavy atom. The molecule has 0 bridgehead atoms. The lowest BCUT2D eigenvalue weighted by Gasteiger charge is -2.11. The molecule has 0 aliphatic heterocycles. The van der Waals surface area contributed by atoms with Gasteiger partial charge in [-0.05, 0) is 6.92 Å². The van der Waals surface area contributed by atoms with Crippen molar-refractivity contribution in [2.24, 2.45) is 0 Å². The van der Waals surface area contributed by atoms with Gasteiger partial charge in [0, 0.05) is 30.4 Å². The molecular weight excluding hydrogens is 194 g/mol. The molecule has 4 nitrogen and oxygen atoms in total. The van der Waals surface area contributed by atoms with Gasteiger partial charge in [-0.15, -0.1) is 0 Å². The number of benzene rings is 1. The van der Waals surface area contributed by atoms with Crippen LogP contribution in [-0.2, 0) is 0 Å². The van der Waals surface area contributed by atoms with Crippen molar-refractivity contribution in [3.63, 3.8) is 0 Å². The molecule has 0 fully saturated rings. The summed E-state index contributed by atoms with van der Waals surface area (Å²) in [4.78, 5) is 0. The molecule has 1 rings (SSSR count). The predicted octanol–water partition coefficient (Wildman–Crippen LogP) is 1.50. The minimum atomic E-state index is -0.387. The number of aliphatic hydroxyl groups excluding tert-OH is 1. The van der Waals surface area contributed by atoms with Crippen LogP contribution in [-0.4, -0.2) is 32.0 Å². The van der Waals surface area contributed by atoms with E-state index in [4.69, 9.17) is 14.6 Å². The lowest BCUT2D eigenvalue weighted by molar-refractivity contribution is 0.208. The molecule has 0 aliphatic rings. The van der Waals surface area contributed by atoms with Crippen molar-refractivity contribution in [2.75, 3.05) is 26.1 Å². The molecular formula is C11H17NO3. The lowest BCUT2D eigenvalue weighted by Crippen LogP contribution is -2.15. The summed E-state index contributed by atoms with van der Waals surface area (Å²) in [6, 6.07) is 5.50. The molecule has 1 aromatic carbocycles. The Bertz CT molecular complexity index is 290. The van der Waals surface area contributed by atoms with Gasteiger partial charge in [0.15, 0.2) is 0 Å². The zero-order valence-corrected chi connectivity index (χ0v) is 9.28. The van der Waals surface area contributed by atoms with Crippen molar-refractivity contribution in [2.45, 2.75) is 13.0 Å². The van der Waals surface area contributed by atoms with Gasteiger partial charge in [0.1, 0.15) is 11.5 Å². The molecule has 0 saturated carbocycles. The quantitative estimate of drug-likeness (QED) is 0.775. The van der Waals surface area contributed by atoms with Gasteiger partial charge in [0.05, 0.1) is 20.3 Å². The van der Waals surface area contributed by atoms with Crippen LogP contribution in [0.4, 0.5) is 5.69 Å². The summed E-state index contributed by atoms with van der Waals surface area (Å²) in [5.41, 5.74) is 0.868. The second-order valence-electron chi connectivity index (χ2n) is 3.33.